The summed E-state index contributed by atoms with van der Waals surface area (Å²) in [5.74, 6) is 0.450. The molecule has 3 N–H and O–H groups in total. The first-order chi connectivity index (χ1) is 15.1. The van der Waals surface area contributed by atoms with Gasteiger partial charge < -0.3 is 20.3 Å². The molecule has 32 heavy (non-hydrogen) atoms. The van der Waals surface area contributed by atoms with Crippen molar-refractivity contribution in [3.8, 4) is 5.75 Å². The zero-order valence-corrected chi connectivity index (χ0v) is 19.3. The van der Waals surface area contributed by atoms with Crippen LogP contribution in [0.5, 0.6) is 5.75 Å². The highest BCUT2D eigenvalue weighted by Crippen LogP contribution is 2.59. The van der Waals surface area contributed by atoms with Gasteiger partial charge in [0.1, 0.15) is 16.8 Å². The molecule has 7 rings (SSSR count). The van der Waals surface area contributed by atoms with E-state index in [1.807, 2.05) is 11.0 Å². The normalized spacial score (nSPS) is 31.9. The molecular formula is C26H31N3O3. The zero-order chi connectivity index (χ0) is 22.6. The first-order valence-electron chi connectivity index (χ1n) is 11.8. The number of hydrogen-bond donors (Lipinski definition) is 3. The predicted molar refractivity (Wildman–Crippen MR) is 122 cm³/mol. The number of carbonyl (C=O) groups excluding carboxylic acids is 2. The minimum Gasteiger partial charge on any atom is -0.508 e. The minimum atomic E-state index is -0.882. The average Bonchev–Trinajstić information content (AvgIpc) is 3.32. The Hall–Kier alpha value is -2.76. The average molecular weight is 434 g/mol. The Morgan fingerprint density at radius 2 is 2.06 bits per heavy atom. The van der Waals surface area contributed by atoms with E-state index in [2.05, 4.69) is 44.1 Å². The highest BCUT2D eigenvalue weighted by atomic mass is 16.3. The number of rotatable bonds is 2. The van der Waals surface area contributed by atoms with Gasteiger partial charge in [-0.15, -0.1) is 0 Å². The minimum absolute atomic E-state index is 0.0324. The molecule has 2 bridgehead atoms. The lowest BCUT2D eigenvalue weighted by Crippen LogP contribution is -2.84. The summed E-state index contributed by atoms with van der Waals surface area (Å²) in [4.78, 5) is 32.7. The molecule has 2 amide bonds. The number of piperidine rings is 2. The van der Waals surface area contributed by atoms with E-state index in [9.17, 15) is 14.7 Å². The first-order valence-corrected chi connectivity index (χ1v) is 11.8. The number of phenols is 1. The first kappa shape index (κ1) is 19.9. The van der Waals surface area contributed by atoms with Crippen LogP contribution in [0.4, 0.5) is 0 Å². The predicted octanol–water partition coefficient (Wildman–Crippen LogP) is 3.47. The summed E-state index contributed by atoms with van der Waals surface area (Å²) in [5, 5.41) is 14.9. The molecule has 5 heterocycles. The fourth-order valence-electron chi connectivity index (χ4n) is 7.26. The van der Waals surface area contributed by atoms with E-state index in [0.717, 1.165) is 47.0 Å². The number of benzene rings is 1. The largest absolute Gasteiger partial charge is 0.508 e. The second-order valence-corrected chi connectivity index (χ2v) is 11.1. The number of carbonyl (C=O) groups is 2. The molecule has 6 nitrogen and oxygen atoms in total. The van der Waals surface area contributed by atoms with Crippen molar-refractivity contribution in [2.24, 2.45) is 5.92 Å². The second-order valence-electron chi connectivity index (χ2n) is 11.1. The van der Waals surface area contributed by atoms with E-state index >= 15 is 0 Å². The summed E-state index contributed by atoms with van der Waals surface area (Å²) in [7, 11) is 0. The summed E-state index contributed by atoms with van der Waals surface area (Å²) < 4.78 is 0. The van der Waals surface area contributed by atoms with Crippen LogP contribution in [0.3, 0.4) is 0 Å². The van der Waals surface area contributed by atoms with Crippen LogP contribution in [0, 0.1) is 5.92 Å². The maximum Gasteiger partial charge on any atom is 0.249 e. The number of amides is 2. The molecule has 2 spiro atoms. The Morgan fingerprint density at radius 3 is 2.81 bits per heavy atom. The lowest BCUT2D eigenvalue weighted by molar-refractivity contribution is -0.179. The lowest BCUT2D eigenvalue weighted by atomic mass is 9.51. The molecule has 6 heteroatoms. The van der Waals surface area contributed by atoms with Crippen molar-refractivity contribution in [3.63, 3.8) is 0 Å². The van der Waals surface area contributed by atoms with Crippen molar-refractivity contribution < 1.29 is 14.7 Å². The van der Waals surface area contributed by atoms with Crippen molar-refractivity contribution in [3.05, 3.63) is 40.6 Å². The maximum atomic E-state index is 13.9. The number of hydrogen-bond acceptors (Lipinski definition) is 3. The van der Waals surface area contributed by atoms with Gasteiger partial charge in [-0.05, 0) is 57.2 Å². The Morgan fingerprint density at radius 1 is 1.28 bits per heavy atom. The van der Waals surface area contributed by atoms with Gasteiger partial charge in [-0.1, -0.05) is 25.5 Å². The number of nitrogens with zero attached hydrogens (tertiary/aromatic N) is 1. The fourth-order valence-corrected chi connectivity index (χ4v) is 7.26. The van der Waals surface area contributed by atoms with Gasteiger partial charge in [0.2, 0.25) is 11.8 Å². The quantitative estimate of drug-likeness (QED) is 0.634. The van der Waals surface area contributed by atoms with Crippen LogP contribution in [0.2, 0.25) is 0 Å². The Balaban J connectivity index is 1.57. The number of H-pyrrole nitrogens is 1. The SMILES string of the molecule is CC(C)=CCc1c(O)ccc2c3c([nH]c12)C(C)(C)C1CC24CCCN2C(=O)C1(C3)NC4=O. The van der Waals surface area contributed by atoms with E-state index in [0.29, 0.717) is 19.4 Å². The molecule has 4 fully saturated rings. The van der Waals surface area contributed by atoms with E-state index in [4.69, 9.17) is 0 Å². The topological polar surface area (TPSA) is 85.4 Å². The van der Waals surface area contributed by atoms with Crippen molar-refractivity contribution >= 4 is 22.7 Å². The van der Waals surface area contributed by atoms with Gasteiger partial charge in [0.15, 0.2) is 0 Å². The van der Waals surface area contributed by atoms with Crippen LogP contribution in [-0.4, -0.2) is 44.4 Å². The van der Waals surface area contributed by atoms with Gasteiger partial charge in [0, 0.05) is 40.9 Å². The van der Waals surface area contributed by atoms with Gasteiger partial charge in [0.25, 0.3) is 0 Å². The van der Waals surface area contributed by atoms with Crippen LogP contribution < -0.4 is 5.32 Å². The molecule has 2 aromatic rings. The third-order valence-corrected chi connectivity index (χ3v) is 8.86. The molecule has 1 aromatic carbocycles. The van der Waals surface area contributed by atoms with Crippen LogP contribution >= 0.6 is 0 Å². The summed E-state index contributed by atoms with van der Waals surface area (Å²) in [5.41, 5.74) is 3.40. The van der Waals surface area contributed by atoms with Crippen molar-refractivity contribution in [2.75, 3.05) is 6.54 Å². The molecule has 4 aliphatic heterocycles. The van der Waals surface area contributed by atoms with Crippen molar-refractivity contribution in [2.45, 2.75) is 76.3 Å². The lowest BCUT2D eigenvalue weighted by Gasteiger charge is -2.64. The van der Waals surface area contributed by atoms with Crippen molar-refractivity contribution in [1.82, 2.24) is 15.2 Å². The van der Waals surface area contributed by atoms with Crippen LogP contribution in [0.25, 0.3) is 10.9 Å². The number of aromatic hydroxyl groups is 1. The van der Waals surface area contributed by atoms with Gasteiger partial charge in [0.05, 0.1) is 5.52 Å². The highest BCUT2D eigenvalue weighted by Gasteiger charge is 2.72. The fraction of sp³-hybridized carbons (Fsp3) is 0.538. The number of aromatic amines is 1. The maximum absolute atomic E-state index is 13.9. The summed E-state index contributed by atoms with van der Waals surface area (Å²) in [6.07, 6.45) is 5.64. The van der Waals surface area contributed by atoms with E-state index in [1.54, 1.807) is 6.07 Å². The Kier molecular flexibility index (Phi) is 3.71. The molecule has 4 saturated heterocycles. The molecule has 1 aliphatic carbocycles. The van der Waals surface area contributed by atoms with Crippen LogP contribution in [0.15, 0.2) is 23.8 Å². The Labute approximate surface area is 188 Å². The van der Waals surface area contributed by atoms with Gasteiger partial charge in [-0.3, -0.25) is 9.59 Å². The van der Waals surface area contributed by atoms with E-state index < -0.39 is 11.1 Å². The number of nitrogens with one attached hydrogen (secondary N) is 2. The summed E-state index contributed by atoms with van der Waals surface area (Å²) >= 11 is 0. The summed E-state index contributed by atoms with van der Waals surface area (Å²) in [6.45, 7) is 9.21. The molecule has 1 aromatic heterocycles. The standard InChI is InChI=1S/C26H31N3O3/c1-14(2)6-7-16-18(30)9-8-15-17-12-26-19(24(3,4)21(17)27-20(15)16)13-25(22(31)28-26)10-5-11-29(25)23(26)32/h6,8-9,19,27,30H,5,7,10-13H2,1-4H3,(H,28,31). The molecule has 168 valence electrons. The molecule has 3 unspecified atom stereocenters. The van der Waals surface area contributed by atoms with Gasteiger partial charge in [-0.25, -0.2) is 0 Å². The molecule has 5 aliphatic rings. The smallest absolute Gasteiger partial charge is 0.249 e. The number of allylic oxidation sites excluding steroid dienone is 2. The highest BCUT2D eigenvalue weighted by molar-refractivity contribution is 6.06. The number of aromatic nitrogens is 1. The molecule has 0 radical (unpaired) electrons. The van der Waals surface area contributed by atoms with Crippen LogP contribution in [0.1, 0.15) is 63.8 Å². The summed E-state index contributed by atoms with van der Waals surface area (Å²) in [6, 6.07) is 3.71. The molecule has 0 saturated carbocycles. The van der Waals surface area contributed by atoms with E-state index in [1.165, 1.54) is 5.57 Å². The van der Waals surface area contributed by atoms with Gasteiger partial charge >= 0.3 is 0 Å². The zero-order valence-electron chi connectivity index (χ0n) is 19.3. The Bertz CT molecular complexity index is 1230. The third kappa shape index (κ3) is 2.16. The van der Waals surface area contributed by atoms with Gasteiger partial charge in [-0.2, -0.15) is 0 Å². The second kappa shape index (κ2) is 5.97. The van der Waals surface area contributed by atoms with Crippen LogP contribution in [-0.2, 0) is 27.8 Å². The van der Waals surface area contributed by atoms with Crippen molar-refractivity contribution in [1.29, 1.82) is 0 Å². The third-order valence-electron chi connectivity index (χ3n) is 8.86. The molecule has 3 atom stereocenters. The monoisotopic (exact) mass is 433 g/mol. The number of fused-ring (bicyclic) bond motifs is 4. The number of piperazine rings is 1. The van der Waals surface area contributed by atoms with E-state index in [-0.39, 0.29) is 28.9 Å². The molecular weight excluding hydrogens is 402 g/mol. The number of phenolic OH excluding ortho intramolecular Hbond substituents is 1.